The molecule has 4 heterocycles. The van der Waals surface area contributed by atoms with Gasteiger partial charge in [0.2, 0.25) is 5.13 Å². The highest BCUT2D eigenvalue weighted by Crippen LogP contribution is 2.38. The summed E-state index contributed by atoms with van der Waals surface area (Å²) in [5.74, 6) is 1.94. The maximum atomic E-state index is 6.15. The molecule has 1 aliphatic rings. The Hall–Kier alpha value is -3.02. The van der Waals surface area contributed by atoms with E-state index < -0.39 is 8.07 Å². The van der Waals surface area contributed by atoms with Crippen LogP contribution in [0.4, 0.5) is 22.5 Å². The molecule has 1 saturated carbocycles. The third-order valence-corrected chi connectivity index (χ3v) is 9.04. The molecule has 0 radical (unpaired) electrons. The average Bonchev–Trinajstić information content (AvgIpc) is 3.56. The highest BCUT2D eigenvalue weighted by atomic mass is 32.1. The molecular weight excluding hydrogens is 488 g/mol. The SMILES string of the molecule is C[Si](C)(C)CCOCN(c1ccc2ncc(Nc3cccnn3)cc2n1)c1nnc(C2CCCC2)s1. The molecule has 5 rings (SSSR count). The van der Waals surface area contributed by atoms with Crippen LogP contribution in [0.25, 0.3) is 11.0 Å². The van der Waals surface area contributed by atoms with Crippen LogP contribution < -0.4 is 10.2 Å². The number of pyridine rings is 2. The molecule has 11 heteroatoms. The van der Waals surface area contributed by atoms with Crippen LogP contribution in [-0.2, 0) is 4.74 Å². The first-order chi connectivity index (χ1) is 17.4. The summed E-state index contributed by atoms with van der Waals surface area (Å²) in [5.41, 5.74) is 2.38. The molecule has 1 N–H and O–H groups in total. The van der Waals surface area contributed by atoms with E-state index in [-0.39, 0.29) is 0 Å². The van der Waals surface area contributed by atoms with E-state index in [0.717, 1.165) is 45.3 Å². The van der Waals surface area contributed by atoms with Crippen LogP contribution in [0.3, 0.4) is 0 Å². The van der Waals surface area contributed by atoms with Gasteiger partial charge in [0.05, 0.1) is 22.9 Å². The Labute approximate surface area is 216 Å². The van der Waals surface area contributed by atoms with Gasteiger partial charge >= 0.3 is 0 Å². The Morgan fingerprint density at radius 3 is 2.72 bits per heavy atom. The summed E-state index contributed by atoms with van der Waals surface area (Å²) in [4.78, 5) is 11.5. The van der Waals surface area contributed by atoms with Crippen molar-refractivity contribution in [2.24, 2.45) is 0 Å². The second-order valence-electron chi connectivity index (χ2n) is 10.3. The summed E-state index contributed by atoms with van der Waals surface area (Å²) >= 11 is 1.66. The fourth-order valence-corrected chi connectivity index (χ4v) is 5.92. The monoisotopic (exact) mass is 520 g/mol. The molecule has 0 spiro atoms. The van der Waals surface area contributed by atoms with E-state index in [2.05, 4.69) is 50.3 Å². The lowest BCUT2D eigenvalue weighted by molar-refractivity contribution is 0.153. The number of nitrogens with one attached hydrogen (secondary N) is 1. The molecule has 36 heavy (non-hydrogen) atoms. The average molecular weight is 521 g/mol. The Bertz CT molecular complexity index is 1290. The highest BCUT2D eigenvalue weighted by Gasteiger charge is 2.24. The molecular formula is C25H32N8OSSi. The van der Waals surface area contributed by atoms with Crippen LogP contribution in [0, 0.1) is 0 Å². The number of anilines is 4. The molecule has 9 nitrogen and oxygen atoms in total. The number of ether oxygens (including phenoxy) is 1. The van der Waals surface area contributed by atoms with Crippen LogP contribution in [0.1, 0.15) is 36.6 Å². The van der Waals surface area contributed by atoms with Crippen molar-refractivity contribution in [3.63, 3.8) is 0 Å². The number of nitrogens with zero attached hydrogens (tertiary/aromatic N) is 7. The van der Waals surface area contributed by atoms with E-state index in [4.69, 9.17) is 9.72 Å². The van der Waals surface area contributed by atoms with E-state index in [1.54, 1.807) is 23.7 Å². The fourth-order valence-electron chi connectivity index (χ4n) is 4.16. The van der Waals surface area contributed by atoms with Gasteiger partial charge in [0, 0.05) is 26.8 Å². The zero-order chi connectivity index (χ0) is 25.0. The highest BCUT2D eigenvalue weighted by molar-refractivity contribution is 7.15. The van der Waals surface area contributed by atoms with Gasteiger partial charge in [-0.3, -0.25) is 9.88 Å². The van der Waals surface area contributed by atoms with Crippen molar-refractivity contribution in [3.8, 4) is 0 Å². The lowest BCUT2D eigenvalue weighted by Gasteiger charge is -2.22. The van der Waals surface area contributed by atoms with Gasteiger partial charge in [-0.05, 0) is 49.2 Å². The third kappa shape index (κ3) is 6.21. The smallest absolute Gasteiger partial charge is 0.215 e. The van der Waals surface area contributed by atoms with Gasteiger partial charge in [0.1, 0.15) is 17.6 Å². The van der Waals surface area contributed by atoms with Crippen LogP contribution in [0.15, 0.2) is 42.7 Å². The molecule has 4 aromatic rings. The van der Waals surface area contributed by atoms with Gasteiger partial charge in [-0.25, -0.2) is 4.98 Å². The van der Waals surface area contributed by atoms with E-state index >= 15 is 0 Å². The number of hydrogen-bond donors (Lipinski definition) is 1. The van der Waals surface area contributed by atoms with Gasteiger partial charge in [-0.15, -0.1) is 15.3 Å². The summed E-state index contributed by atoms with van der Waals surface area (Å²) in [6, 6.07) is 10.7. The van der Waals surface area contributed by atoms with Crippen molar-refractivity contribution in [1.82, 2.24) is 30.4 Å². The standard InChI is InChI=1S/C25H32N8OSSi/c1-36(2,3)14-13-34-17-33(25-32-31-24(35-25)18-7-4-5-8-18)23-11-10-20-21(29-23)15-19(16-26-20)28-22-9-6-12-27-30-22/h6,9-12,15-16,18H,4-5,7-8,13-14,17H2,1-3H3,(H,28,30). The number of hydrogen-bond acceptors (Lipinski definition) is 10. The molecule has 0 aromatic carbocycles. The first-order valence-electron chi connectivity index (χ1n) is 12.4. The molecule has 4 aromatic heterocycles. The number of aromatic nitrogens is 6. The van der Waals surface area contributed by atoms with Crippen molar-refractivity contribution in [2.75, 3.05) is 23.6 Å². The largest absolute Gasteiger partial charge is 0.361 e. The van der Waals surface area contributed by atoms with Gasteiger partial charge in [-0.2, -0.15) is 5.10 Å². The van der Waals surface area contributed by atoms with Crippen molar-refractivity contribution in [2.45, 2.75) is 57.3 Å². The molecule has 0 amide bonds. The number of fused-ring (bicyclic) bond motifs is 1. The topological polar surface area (TPSA) is 102 Å². The van der Waals surface area contributed by atoms with Crippen LogP contribution in [0.2, 0.25) is 25.7 Å². The van der Waals surface area contributed by atoms with Crippen LogP contribution >= 0.6 is 11.3 Å². The minimum Gasteiger partial charge on any atom is -0.361 e. The fraction of sp³-hybridized carbons (Fsp3) is 0.440. The lowest BCUT2D eigenvalue weighted by atomic mass is 10.1. The van der Waals surface area contributed by atoms with Crippen LogP contribution in [0.5, 0.6) is 0 Å². The Morgan fingerprint density at radius 2 is 1.94 bits per heavy atom. The molecule has 1 fully saturated rings. The first kappa shape index (κ1) is 24.7. The zero-order valence-electron chi connectivity index (χ0n) is 21.0. The van der Waals surface area contributed by atoms with Gasteiger partial charge in [0.25, 0.3) is 0 Å². The lowest BCUT2D eigenvalue weighted by Crippen LogP contribution is -2.26. The predicted octanol–water partition coefficient (Wildman–Crippen LogP) is 6.12. The van der Waals surface area contributed by atoms with Crippen LogP contribution in [-0.4, -0.2) is 51.8 Å². The molecule has 0 unspecified atom stereocenters. The van der Waals surface area contributed by atoms with E-state index in [0.29, 0.717) is 18.5 Å². The maximum Gasteiger partial charge on any atom is 0.215 e. The summed E-state index contributed by atoms with van der Waals surface area (Å²) in [6.07, 6.45) is 8.35. The molecule has 0 saturated heterocycles. The van der Waals surface area contributed by atoms with E-state index in [9.17, 15) is 0 Å². The zero-order valence-corrected chi connectivity index (χ0v) is 22.8. The molecule has 0 bridgehead atoms. The van der Waals surface area contributed by atoms with Crippen molar-refractivity contribution in [1.29, 1.82) is 0 Å². The van der Waals surface area contributed by atoms with Crippen molar-refractivity contribution < 1.29 is 4.74 Å². The first-order valence-corrected chi connectivity index (χ1v) is 17.0. The molecule has 0 aliphatic heterocycles. The van der Waals surface area contributed by atoms with Crippen molar-refractivity contribution >= 4 is 52.9 Å². The maximum absolute atomic E-state index is 6.15. The quantitative estimate of drug-likeness (QED) is 0.150. The molecule has 188 valence electrons. The number of rotatable bonds is 10. The molecule has 1 aliphatic carbocycles. The molecule has 0 atom stereocenters. The Balaban J connectivity index is 1.41. The second kappa shape index (κ2) is 10.9. The minimum absolute atomic E-state index is 0.382. The van der Waals surface area contributed by atoms with Gasteiger partial charge < -0.3 is 10.1 Å². The Morgan fingerprint density at radius 1 is 1.08 bits per heavy atom. The normalized spacial score (nSPS) is 14.4. The summed E-state index contributed by atoms with van der Waals surface area (Å²) in [6.45, 7) is 8.18. The third-order valence-electron chi connectivity index (χ3n) is 6.23. The summed E-state index contributed by atoms with van der Waals surface area (Å²) < 4.78 is 6.15. The summed E-state index contributed by atoms with van der Waals surface area (Å²) in [7, 11) is -1.19. The van der Waals surface area contributed by atoms with Crippen molar-refractivity contribution in [3.05, 3.63) is 47.7 Å². The van der Waals surface area contributed by atoms with E-state index in [1.165, 1.54) is 25.7 Å². The minimum atomic E-state index is -1.19. The summed E-state index contributed by atoms with van der Waals surface area (Å²) in [5, 5.41) is 22.3. The Kier molecular flexibility index (Phi) is 7.49. The predicted molar refractivity (Wildman–Crippen MR) is 147 cm³/mol. The van der Waals surface area contributed by atoms with Gasteiger partial charge in [0.15, 0.2) is 5.82 Å². The van der Waals surface area contributed by atoms with E-state index in [1.807, 2.05) is 35.2 Å². The van der Waals surface area contributed by atoms with Gasteiger partial charge in [-0.1, -0.05) is 43.8 Å². The second-order valence-corrected chi connectivity index (χ2v) is 17.0.